The van der Waals surface area contributed by atoms with Crippen LogP contribution in [0.4, 0.5) is 0 Å². The number of nitrogens with two attached hydrogens (primary N) is 1. The second-order valence-corrected chi connectivity index (χ2v) is 14.0. The molecule has 0 spiro atoms. The minimum atomic E-state index is 0.456. The lowest BCUT2D eigenvalue weighted by Gasteiger charge is -2.58. The highest BCUT2D eigenvalue weighted by atomic mass is 15.2. The fourth-order valence-corrected chi connectivity index (χ4v) is 10.2. The van der Waals surface area contributed by atoms with Gasteiger partial charge in [0.2, 0.25) is 0 Å². The summed E-state index contributed by atoms with van der Waals surface area (Å²) in [6.07, 6.45) is 16.6. The molecule has 0 amide bonds. The van der Waals surface area contributed by atoms with E-state index in [0.29, 0.717) is 16.9 Å². The molecule has 4 aliphatic carbocycles. The van der Waals surface area contributed by atoms with Gasteiger partial charge in [0, 0.05) is 12.1 Å². The molecule has 5 aliphatic rings. The summed E-state index contributed by atoms with van der Waals surface area (Å²) in [7, 11) is 2.39. The monoisotopic (exact) mass is 440 g/mol. The molecule has 0 radical (unpaired) electrons. The average Bonchev–Trinajstić information content (AvgIpc) is 3.28. The number of likely N-dealkylation sites (tertiary alicyclic amines) is 1. The van der Waals surface area contributed by atoms with Crippen LogP contribution in [0.15, 0.2) is 11.6 Å². The van der Waals surface area contributed by atoms with E-state index in [2.05, 4.69) is 52.6 Å². The van der Waals surface area contributed by atoms with Crippen LogP contribution in [0.5, 0.6) is 0 Å². The number of hydrogen-bond acceptors (Lipinski definition) is 2. The van der Waals surface area contributed by atoms with E-state index < -0.39 is 0 Å². The number of nitrogens with zero attached hydrogens (tertiary/aromatic N) is 1. The highest BCUT2D eigenvalue weighted by Gasteiger charge is 2.58. The van der Waals surface area contributed by atoms with Crippen LogP contribution in [-0.4, -0.2) is 30.6 Å². The summed E-state index contributed by atoms with van der Waals surface area (Å²) in [6, 6.07) is 1.26. The van der Waals surface area contributed by atoms with Crippen molar-refractivity contribution in [1.82, 2.24) is 4.90 Å². The first-order valence-electron chi connectivity index (χ1n) is 14.3. The van der Waals surface area contributed by atoms with Crippen molar-refractivity contribution in [3.8, 4) is 0 Å². The summed E-state index contributed by atoms with van der Waals surface area (Å²) in [5.74, 6) is 6.06. The Balaban J connectivity index is 1.34. The zero-order valence-corrected chi connectivity index (χ0v) is 22.1. The van der Waals surface area contributed by atoms with E-state index in [0.717, 1.165) is 47.5 Å². The van der Waals surface area contributed by atoms with Gasteiger partial charge >= 0.3 is 0 Å². The van der Waals surface area contributed by atoms with E-state index in [1.54, 1.807) is 0 Å². The molecular weight excluding hydrogens is 388 g/mol. The molecule has 2 N–H and O–H groups in total. The minimum Gasteiger partial charge on any atom is -0.328 e. The van der Waals surface area contributed by atoms with Crippen LogP contribution in [-0.2, 0) is 0 Å². The van der Waals surface area contributed by atoms with Crippen molar-refractivity contribution in [1.29, 1.82) is 0 Å². The minimum absolute atomic E-state index is 0.456. The predicted octanol–water partition coefficient (Wildman–Crippen LogP) is 6.90. The molecule has 182 valence electrons. The zero-order chi connectivity index (χ0) is 22.8. The number of rotatable bonds is 4. The zero-order valence-electron chi connectivity index (χ0n) is 22.1. The van der Waals surface area contributed by atoms with Gasteiger partial charge < -0.3 is 10.6 Å². The first-order valence-corrected chi connectivity index (χ1v) is 14.3. The molecule has 0 aromatic carbocycles. The van der Waals surface area contributed by atoms with Crippen LogP contribution in [0.1, 0.15) is 98.8 Å². The van der Waals surface area contributed by atoms with Crippen molar-refractivity contribution in [3.63, 3.8) is 0 Å². The third kappa shape index (κ3) is 3.57. The van der Waals surface area contributed by atoms with E-state index in [1.807, 2.05) is 5.57 Å². The molecular formula is C30H52N2. The van der Waals surface area contributed by atoms with Gasteiger partial charge in [-0.15, -0.1) is 0 Å². The number of fused-ring (bicyclic) bond motifs is 5. The normalized spacial score (nSPS) is 50.0. The summed E-state index contributed by atoms with van der Waals surface area (Å²) in [4.78, 5) is 2.70. The van der Waals surface area contributed by atoms with E-state index >= 15 is 0 Å². The second kappa shape index (κ2) is 8.40. The van der Waals surface area contributed by atoms with Crippen LogP contribution >= 0.6 is 0 Å². The van der Waals surface area contributed by atoms with Crippen molar-refractivity contribution in [2.24, 2.45) is 58.0 Å². The van der Waals surface area contributed by atoms with E-state index in [9.17, 15) is 0 Å². The Morgan fingerprint density at radius 3 is 2.47 bits per heavy atom. The van der Waals surface area contributed by atoms with Gasteiger partial charge in [-0.05, 0) is 130 Å². The Morgan fingerprint density at radius 2 is 1.72 bits per heavy atom. The van der Waals surface area contributed by atoms with E-state index in [4.69, 9.17) is 5.73 Å². The van der Waals surface area contributed by atoms with Crippen molar-refractivity contribution in [2.75, 3.05) is 13.6 Å². The molecule has 2 heteroatoms. The van der Waals surface area contributed by atoms with Crippen molar-refractivity contribution in [2.45, 2.75) is 111 Å². The topological polar surface area (TPSA) is 29.3 Å². The second-order valence-electron chi connectivity index (χ2n) is 14.0. The first-order chi connectivity index (χ1) is 15.1. The first kappa shape index (κ1) is 23.4. The van der Waals surface area contributed by atoms with E-state index in [-0.39, 0.29) is 0 Å². The largest absolute Gasteiger partial charge is 0.328 e. The molecule has 3 saturated carbocycles. The lowest BCUT2D eigenvalue weighted by atomic mass is 9.47. The lowest BCUT2D eigenvalue weighted by molar-refractivity contribution is -0.0135. The summed E-state index contributed by atoms with van der Waals surface area (Å²) in [6.45, 7) is 14.2. The fourth-order valence-electron chi connectivity index (χ4n) is 10.2. The van der Waals surface area contributed by atoms with E-state index in [1.165, 1.54) is 70.8 Å². The van der Waals surface area contributed by atoms with Crippen molar-refractivity contribution >= 4 is 0 Å². The van der Waals surface area contributed by atoms with Crippen LogP contribution in [0, 0.1) is 52.3 Å². The standard InChI is InChI=1S/C30H52N2/c1-19(2)23-13-16-32(6)28(23)17-20(3)25-9-10-26-24-8-7-21-18-22(31)11-14-29(21,4)27(24)12-15-30(25,26)5/h8,19-23,25-28H,7,9-18,31H2,1-6H3/t20-,21?,22-,23?,25-,26?,27?,28?,29+,30-/m1/s1. The lowest BCUT2D eigenvalue weighted by Crippen LogP contribution is -2.51. The van der Waals surface area contributed by atoms with Gasteiger partial charge in [0.1, 0.15) is 0 Å². The molecule has 1 heterocycles. The quantitative estimate of drug-likeness (QED) is 0.482. The van der Waals surface area contributed by atoms with Gasteiger partial charge in [-0.25, -0.2) is 0 Å². The Morgan fingerprint density at radius 1 is 1.00 bits per heavy atom. The van der Waals surface area contributed by atoms with Gasteiger partial charge in [0.25, 0.3) is 0 Å². The Hall–Kier alpha value is -0.340. The van der Waals surface area contributed by atoms with Gasteiger partial charge in [-0.2, -0.15) is 0 Å². The van der Waals surface area contributed by atoms with Crippen molar-refractivity contribution < 1.29 is 0 Å². The molecule has 4 fully saturated rings. The Kier molecular flexibility index (Phi) is 6.14. The molecule has 10 atom stereocenters. The molecule has 5 unspecified atom stereocenters. The summed E-state index contributed by atoms with van der Waals surface area (Å²) < 4.78 is 0. The SMILES string of the molecule is CC(C)C1CCN(C)C1C[C@@H](C)[C@H]1CCC2C3=CCC4C[C@H](N)CC[C@]4(C)C3CC[C@@]21C. The Bertz CT molecular complexity index is 726. The smallest absolute Gasteiger partial charge is 0.0126 e. The van der Waals surface area contributed by atoms with Crippen LogP contribution in [0.3, 0.4) is 0 Å². The maximum absolute atomic E-state index is 6.41. The third-order valence-electron chi connectivity index (χ3n) is 12.2. The highest BCUT2D eigenvalue weighted by molar-refractivity contribution is 5.28. The summed E-state index contributed by atoms with van der Waals surface area (Å²) >= 11 is 0. The van der Waals surface area contributed by atoms with Crippen LogP contribution in [0.2, 0.25) is 0 Å². The number of allylic oxidation sites excluding steroid dienone is 2. The molecule has 0 aromatic rings. The fraction of sp³-hybridized carbons (Fsp3) is 0.933. The third-order valence-corrected chi connectivity index (χ3v) is 12.2. The predicted molar refractivity (Wildman–Crippen MR) is 136 cm³/mol. The molecule has 0 aromatic heterocycles. The number of hydrogen-bond donors (Lipinski definition) is 1. The van der Waals surface area contributed by atoms with Gasteiger partial charge in [-0.3, -0.25) is 0 Å². The Labute approximate surface area is 199 Å². The maximum atomic E-state index is 6.41. The summed E-state index contributed by atoms with van der Waals surface area (Å²) in [5, 5.41) is 0. The average molecular weight is 441 g/mol. The van der Waals surface area contributed by atoms with Gasteiger partial charge in [0.15, 0.2) is 0 Å². The molecule has 1 saturated heterocycles. The van der Waals surface area contributed by atoms with Gasteiger partial charge in [0.05, 0.1) is 0 Å². The molecule has 0 bridgehead atoms. The highest BCUT2D eigenvalue weighted by Crippen LogP contribution is 2.67. The van der Waals surface area contributed by atoms with Crippen LogP contribution in [0.25, 0.3) is 0 Å². The summed E-state index contributed by atoms with van der Waals surface area (Å²) in [5.41, 5.74) is 9.40. The molecule has 1 aliphatic heterocycles. The molecule has 5 rings (SSSR count). The van der Waals surface area contributed by atoms with Crippen molar-refractivity contribution in [3.05, 3.63) is 11.6 Å². The van der Waals surface area contributed by atoms with Gasteiger partial charge in [-0.1, -0.05) is 46.3 Å². The molecule has 32 heavy (non-hydrogen) atoms. The maximum Gasteiger partial charge on any atom is 0.0126 e. The van der Waals surface area contributed by atoms with Crippen LogP contribution < -0.4 is 5.73 Å². The molecule has 2 nitrogen and oxygen atoms in total.